The van der Waals surface area contributed by atoms with Crippen molar-refractivity contribution in [1.82, 2.24) is 19.9 Å². The molecule has 0 aliphatic rings. The number of halogens is 4. The summed E-state index contributed by atoms with van der Waals surface area (Å²) in [7, 11) is 0. The monoisotopic (exact) mass is 582 g/mol. The van der Waals surface area contributed by atoms with Crippen molar-refractivity contribution in [3.05, 3.63) is 56.0 Å². The van der Waals surface area contributed by atoms with Crippen molar-refractivity contribution >= 4 is 104 Å². The van der Waals surface area contributed by atoms with Gasteiger partial charge in [-0.05, 0) is 0 Å². The van der Waals surface area contributed by atoms with Crippen molar-refractivity contribution < 1.29 is 0 Å². The van der Waals surface area contributed by atoms with Crippen LogP contribution in [-0.2, 0) is 0 Å². The number of rotatable bonds is 3. The molecule has 0 N–H and O–H groups in total. The average molecular weight is 582 g/mol. The molecule has 0 aliphatic carbocycles. The van der Waals surface area contributed by atoms with Crippen LogP contribution in [0.5, 0.6) is 0 Å². The quantitative estimate of drug-likeness (QED) is 0.342. The summed E-state index contributed by atoms with van der Waals surface area (Å²) in [6, 6.07) is 7.13. The molecule has 0 unspecified atom stereocenters. The van der Waals surface area contributed by atoms with Crippen LogP contribution in [0.3, 0.4) is 0 Å². The van der Waals surface area contributed by atoms with E-state index in [1.807, 2.05) is 26.0 Å². The Morgan fingerprint density at radius 2 is 1.00 bits per heavy atom. The van der Waals surface area contributed by atoms with Crippen LogP contribution in [0.4, 0.5) is 0 Å². The summed E-state index contributed by atoms with van der Waals surface area (Å²) in [6.45, 7) is 3.72. The molecule has 142 valence electrons. The minimum absolute atomic E-state index is 0.0233. The molecule has 10 heteroatoms. The van der Waals surface area contributed by atoms with E-state index in [4.69, 9.17) is 46.4 Å². The van der Waals surface area contributed by atoms with Crippen LogP contribution in [0.2, 0.25) is 20.1 Å². The van der Waals surface area contributed by atoms with Gasteiger partial charge in [0.05, 0.1) is 0 Å². The Labute approximate surface area is 192 Å². The maximum atomic E-state index is 6.34. The molecular formula is C18H10Cl4N4Se2. The second-order valence-electron chi connectivity index (χ2n) is 5.89. The molecule has 2 aromatic carbocycles. The summed E-state index contributed by atoms with van der Waals surface area (Å²) >= 11 is 25.2. The van der Waals surface area contributed by atoms with E-state index in [0.717, 1.165) is 31.0 Å². The molecule has 4 aromatic rings. The molecule has 4 rings (SSSR count). The van der Waals surface area contributed by atoms with Gasteiger partial charge in [0.25, 0.3) is 0 Å². The summed E-state index contributed by atoms with van der Waals surface area (Å²) in [5.41, 5.74) is 1.45. The molecule has 0 saturated carbocycles. The first-order chi connectivity index (χ1) is 13.3. The Balaban J connectivity index is 1.80. The van der Waals surface area contributed by atoms with Crippen LogP contribution < -0.4 is 9.18 Å². The van der Waals surface area contributed by atoms with Gasteiger partial charge < -0.3 is 0 Å². The third-order valence-corrected chi connectivity index (χ3v) is 11.3. The van der Waals surface area contributed by atoms with Crippen molar-refractivity contribution in [1.29, 1.82) is 0 Å². The van der Waals surface area contributed by atoms with E-state index in [2.05, 4.69) is 19.9 Å². The van der Waals surface area contributed by atoms with Crippen molar-refractivity contribution in [2.24, 2.45) is 0 Å². The molecule has 0 saturated heterocycles. The van der Waals surface area contributed by atoms with Gasteiger partial charge >= 0.3 is 193 Å². The van der Waals surface area contributed by atoms with E-state index in [1.54, 1.807) is 12.1 Å². The van der Waals surface area contributed by atoms with Crippen LogP contribution in [0.15, 0.2) is 24.3 Å². The van der Waals surface area contributed by atoms with Crippen LogP contribution in [-0.4, -0.2) is 46.2 Å². The SMILES string of the molecule is Cc1nc([Se][Se]c2nc(C)nc3c(Cl)cc(Cl)cc23)c2cc(Cl)cc(Cl)c2n1. The van der Waals surface area contributed by atoms with Crippen molar-refractivity contribution in [2.45, 2.75) is 13.8 Å². The molecular weight excluding hydrogens is 572 g/mol. The van der Waals surface area contributed by atoms with Crippen LogP contribution >= 0.6 is 46.4 Å². The van der Waals surface area contributed by atoms with Gasteiger partial charge in [-0.15, -0.1) is 0 Å². The van der Waals surface area contributed by atoms with Gasteiger partial charge in [-0.2, -0.15) is 0 Å². The number of aromatic nitrogens is 4. The fourth-order valence-electron chi connectivity index (χ4n) is 2.68. The van der Waals surface area contributed by atoms with Crippen LogP contribution in [0.25, 0.3) is 21.8 Å². The molecule has 28 heavy (non-hydrogen) atoms. The Kier molecular flexibility index (Phi) is 6.04. The maximum absolute atomic E-state index is 6.34. The summed E-state index contributed by atoms with van der Waals surface area (Å²) < 4.78 is 1.91. The first-order valence-electron chi connectivity index (χ1n) is 7.93. The van der Waals surface area contributed by atoms with E-state index < -0.39 is 0 Å². The van der Waals surface area contributed by atoms with Crippen LogP contribution in [0, 0.1) is 13.8 Å². The van der Waals surface area contributed by atoms with Gasteiger partial charge in [-0.1, -0.05) is 0 Å². The number of fused-ring (bicyclic) bond motifs is 2. The van der Waals surface area contributed by atoms with Crippen LogP contribution in [0.1, 0.15) is 11.6 Å². The summed E-state index contributed by atoms with van der Waals surface area (Å²) in [6.07, 6.45) is 0. The van der Waals surface area contributed by atoms with Gasteiger partial charge in [0.2, 0.25) is 0 Å². The summed E-state index contributed by atoms with van der Waals surface area (Å²) in [5, 5.41) is 3.96. The first-order valence-corrected chi connectivity index (χ1v) is 15.5. The number of hydrogen-bond acceptors (Lipinski definition) is 4. The average Bonchev–Trinajstić information content (AvgIpc) is 2.61. The van der Waals surface area contributed by atoms with E-state index >= 15 is 0 Å². The molecule has 2 aromatic heterocycles. The fraction of sp³-hybridized carbons (Fsp3) is 0.111. The number of aryl methyl sites for hydroxylation is 2. The second kappa shape index (κ2) is 8.21. The van der Waals surface area contributed by atoms with Crippen molar-refractivity contribution in [3.8, 4) is 0 Å². The minimum atomic E-state index is 0.0233. The predicted octanol–water partition coefficient (Wildman–Crippen LogP) is 4.08. The molecule has 0 atom stereocenters. The number of hydrogen-bond donors (Lipinski definition) is 0. The molecule has 0 aliphatic heterocycles. The van der Waals surface area contributed by atoms with Crippen molar-refractivity contribution in [2.75, 3.05) is 0 Å². The fourth-order valence-corrected chi connectivity index (χ4v) is 10.3. The van der Waals surface area contributed by atoms with Gasteiger partial charge in [0, 0.05) is 0 Å². The number of benzene rings is 2. The molecule has 0 amide bonds. The molecule has 0 bridgehead atoms. The van der Waals surface area contributed by atoms with Gasteiger partial charge in [0.1, 0.15) is 0 Å². The third-order valence-electron chi connectivity index (χ3n) is 3.79. The normalized spacial score (nSPS) is 11.5. The summed E-state index contributed by atoms with van der Waals surface area (Å²) in [5.74, 6) is 1.36. The zero-order chi connectivity index (χ0) is 20.0. The third kappa shape index (κ3) is 4.12. The molecule has 2 heterocycles. The number of nitrogens with zero attached hydrogens (tertiary/aromatic N) is 4. The van der Waals surface area contributed by atoms with E-state index in [1.165, 1.54) is 0 Å². The molecule has 0 spiro atoms. The predicted molar refractivity (Wildman–Crippen MR) is 119 cm³/mol. The molecule has 0 fully saturated rings. The molecule has 4 nitrogen and oxygen atoms in total. The van der Waals surface area contributed by atoms with E-state index in [0.29, 0.717) is 31.7 Å². The van der Waals surface area contributed by atoms with Gasteiger partial charge in [0.15, 0.2) is 0 Å². The van der Waals surface area contributed by atoms with E-state index in [-0.39, 0.29) is 26.3 Å². The Morgan fingerprint density at radius 3 is 1.39 bits per heavy atom. The molecule has 0 radical (unpaired) electrons. The Morgan fingerprint density at radius 1 is 0.607 bits per heavy atom. The zero-order valence-corrected chi connectivity index (χ0v) is 20.9. The van der Waals surface area contributed by atoms with Gasteiger partial charge in [-0.3, -0.25) is 0 Å². The van der Waals surface area contributed by atoms with E-state index in [9.17, 15) is 0 Å². The Bertz CT molecular complexity index is 1150. The topological polar surface area (TPSA) is 51.6 Å². The van der Waals surface area contributed by atoms with Crippen molar-refractivity contribution in [3.63, 3.8) is 0 Å². The first kappa shape index (κ1) is 20.6. The zero-order valence-electron chi connectivity index (χ0n) is 14.4. The second-order valence-corrected chi connectivity index (χ2v) is 13.5. The summed E-state index contributed by atoms with van der Waals surface area (Å²) in [4.78, 5) is 18.3. The Hall–Kier alpha value is -0.681. The standard InChI is InChI=1S/C18H10Cl4N4Se2/c1-7-23-15-11(3-9(19)5-13(15)21)17(25-7)27-28-18-12-4-10(20)6-14(22)16(12)24-8(2)26-18/h3-6H,1-2H3. The van der Waals surface area contributed by atoms with Gasteiger partial charge in [-0.25, -0.2) is 0 Å².